The second-order valence-electron chi connectivity index (χ2n) is 3.73. The lowest BCUT2D eigenvalue weighted by atomic mass is 10.1. The Kier molecular flexibility index (Phi) is 1.86. The summed E-state index contributed by atoms with van der Waals surface area (Å²) in [6.07, 6.45) is 0. The smallest absolute Gasteiger partial charge is 0.213 e. The van der Waals surface area contributed by atoms with Crippen molar-refractivity contribution in [2.24, 2.45) is 0 Å². The molecule has 1 aromatic carbocycles. The number of methoxy groups -OCH3 is 1. The first-order chi connectivity index (χ1) is 7.38. The van der Waals surface area contributed by atoms with Crippen molar-refractivity contribution in [1.29, 1.82) is 0 Å². The van der Waals surface area contributed by atoms with Gasteiger partial charge in [-0.2, -0.15) is 0 Å². The molecule has 0 bridgehead atoms. The molecule has 1 aliphatic rings. The van der Waals surface area contributed by atoms with E-state index in [-0.39, 0.29) is 0 Å². The fourth-order valence-electron chi connectivity index (χ4n) is 1.82. The van der Waals surface area contributed by atoms with E-state index in [0.717, 1.165) is 12.2 Å². The molecule has 1 atom stereocenters. The number of fused-ring (bicyclic) bond motifs is 1. The van der Waals surface area contributed by atoms with E-state index in [0.29, 0.717) is 11.9 Å². The largest absolute Gasteiger partial charge is 0.481 e. The lowest BCUT2D eigenvalue weighted by molar-refractivity contribution is 0.397. The minimum absolute atomic E-state index is 0.407. The number of nitrogens with one attached hydrogen (secondary N) is 1. The lowest BCUT2D eigenvalue weighted by Crippen LogP contribution is -1.95. The highest BCUT2D eigenvalue weighted by molar-refractivity contribution is 5.86. The van der Waals surface area contributed by atoms with Gasteiger partial charge in [0.15, 0.2) is 0 Å². The molecule has 76 valence electrons. The normalized spacial score (nSPS) is 19.1. The van der Waals surface area contributed by atoms with Crippen LogP contribution in [0.3, 0.4) is 0 Å². The summed E-state index contributed by atoms with van der Waals surface area (Å²) in [7, 11) is 1.65. The molecule has 0 saturated carbocycles. The highest BCUT2D eigenvalue weighted by Crippen LogP contribution is 2.30. The average Bonchev–Trinajstić information content (AvgIpc) is 3.11. The quantitative estimate of drug-likeness (QED) is 0.753. The molecule has 3 rings (SSSR count). The van der Waals surface area contributed by atoms with E-state index in [1.165, 1.54) is 10.8 Å². The van der Waals surface area contributed by atoms with E-state index in [9.17, 15) is 0 Å². The summed E-state index contributed by atoms with van der Waals surface area (Å²) in [5.41, 5.74) is 1.10. The van der Waals surface area contributed by atoms with Crippen LogP contribution in [0.25, 0.3) is 10.8 Å². The zero-order valence-electron chi connectivity index (χ0n) is 8.53. The Labute approximate surface area is 88.1 Å². The monoisotopic (exact) mass is 200 g/mol. The van der Waals surface area contributed by atoms with Crippen LogP contribution in [0.2, 0.25) is 0 Å². The number of hydrogen-bond donors (Lipinski definition) is 1. The topological polar surface area (TPSA) is 44.1 Å². The number of nitrogens with zero attached hydrogens (tertiary/aromatic N) is 1. The van der Waals surface area contributed by atoms with Crippen molar-refractivity contribution in [1.82, 2.24) is 10.3 Å². The zero-order valence-corrected chi connectivity index (χ0v) is 8.53. The maximum atomic E-state index is 5.20. The van der Waals surface area contributed by atoms with Gasteiger partial charge in [0, 0.05) is 18.0 Å². The molecule has 3 heteroatoms. The lowest BCUT2D eigenvalue weighted by Gasteiger charge is -2.06. The second kappa shape index (κ2) is 3.21. The summed E-state index contributed by atoms with van der Waals surface area (Å²) in [5.74, 6) is 0.692. The fourth-order valence-corrected chi connectivity index (χ4v) is 1.82. The predicted octanol–water partition coefficient (Wildman–Crippen LogP) is 1.89. The van der Waals surface area contributed by atoms with E-state index < -0.39 is 0 Å². The van der Waals surface area contributed by atoms with Crippen molar-refractivity contribution in [3.05, 3.63) is 36.0 Å². The highest BCUT2D eigenvalue weighted by atomic mass is 16.5. The van der Waals surface area contributed by atoms with Crippen LogP contribution in [0.4, 0.5) is 0 Å². The molecule has 2 aromatic rings. The summed E-state index contributed by atoms with van der Waals surface area (Å²) < 4.78 is 5.20. The van der Waals surface area contributed by atoms with Gasteiger partial charge in [-0.15, -0.1) is 0 Å². The van der Waals surface area contributed by atoms with Crippen molar-refractivity contribution in [3.63, 3.8) is 0 Å². The molecule has 3 nitrogen and oxygen atoms in total. The van der Waals surface area contributed by atoms with Crippen LogP contribution in [0.15, 0.2) is 30.3 Å². The molecule has 0 amide bonds. The zero-order chi connectivity index (χ0) is 10.3. The molecule has 0 radical (unpaired) electrons. The number of hydrogen-bond acceptors (Lipinski definition) is 3. The summed E-state index contributed by atoms with van der Waals surface area (Å²) in [5, 5.41) is 5.68. The standard InChI is InChI=1S/C12H12N2O/c1-15-11-6-8-4-2-3-5-9(8)12(14-11)10-7-13-10/h2-6,10,13H,7H2,1H3. The number of ether oxygens (including phenoxy) is 1. The average molecular weight is 200 g/mol. The third kappa shape index (κ3) is 1.45. The van der Waals surface area contributed by atoms with Gasteiger partial charge in [-0.3, -0.25) is 0 Å². The van der Waals surface area contributed by atoms with Gasteiger partial charge in [-0.1, -0.05) is 24.3 Å². The number of aromatic nitrogens is 1. The van der Waals surface area contributed by atoms with Crippen molar-refractivity contribution in [2.75, 3.05) is 13.7 Å². The second-order valence-corrected chi connectivity index (χ2v) is 3.73. The van der Waals surface area contributed by atoms with E-state index in [2.05, 4.69) is 22.4 Å². The third-order valence-corrected chi connectivity index (χ3v) is 2.69. The Morgan fingerprint density at radius 3 is 2.93 bits per heavy atom. The van der Waals surface area contributed by atoms with Crippen molar-refractivity contribution in [2.45, 2.75) is 6.04 Å². The maximum absolute atomic E-state index is 5.20. The Balaban J connectivity index is 2.28. The van der Waals surface area contributed by atoms with E-state index >= 15 is 0 Å². The minimum atomic E-state index is 0.407. The van der Waals surface area contributed by atoms with Crippen LogP contribution < -0.4 is 10.1 Å². The number of pyridine rings is 1. The molecule has 1 saturated heterocycles. The van der Waals surface area contributed by atoms with Gasteiger partial charge in [0.1, 0.15) is 0 Å². The molecule has 1 N–H and O–H groups in total. The molecule has 2 heterocycles. The van der Waals surface area contributed by atoms with Crippen LogP contribution in [-0.2, 0) is 0 Å². The molecule has 1 aliphatic heterocycles. The number of rotatable bonds is 2. The van der Waals surface area contributed by atoms with Crippen LogP contribution in [0.5, 0.6) is 5.88 Å². The van der Waals surface area contributed by atoms with E-state index in [4.69, 9.17) is 4.74 Å². The molecule has 1 unspecified atom stereocenters. The van der Waals surface area contributed by atoms with Crippen LogP contribution in [-0.4, -0.2) is 18.6 Å². The number of benzene rings is 1. The molecular weight excluding hydrogens is 188 g/mol. The molecule has 1 aromatic heterocycles. The van der Waals surface area contributed by atoms with Gasteiger partial charge in [0.2, 0.25) is 5.88 Å². The van der Waals surface area contributed by atoms with Gasteiger partial charge < -0.3 is 10.1 Å². The summed E-state index contributed by atoms with van der Waals surface area (Å²) in [6.45, 7) is 1.02. The maximum Gasteiger partial charge on any atom is 0.213 e. The predicted molar refractivity (Wildman–Crippen MR) is 59.0 cm³/mol. The van der Waals surface area contributed by atoms with Crippen LogP contribution in [0, 0.1) is 0 Å². The Hall–Kier alpha value is -1.61. The van der Waals surface area contributed by atoms with Crippen molar-refractivity contribution < 1.29 is 4.74 Å². The van der Waals surface area contributed by atoms with Crippen molar-refractivity contribution >= 4 is 10.8 Å². The molecule has 15 heavy (non-hydrogen) atoms. The van der Waals surface area contributed by atoms with Gasteiger partial charge in [-0.05, 0) is 5.39 Å². The third-order valence-electron chi connectivity index (χ3n) is 2.69. The van der Waals surface area contributed by atoms with Crippen LogP contribution in [0.1, 0.15) is 11.7 Å². The highest BCUT2D eigenvalue weighted by Gasteiger charge is 2.26. The summed E-state index contributed by atoms with van der Waals surface area (Å²) in [4.78, 5) is 4.50. The first kappa shape index (κ1) is 8.68. The minimum Gasteiger partial charge on any atom is -0.481 e. The Morgan fingerprint density at radius 1 is 1.40 bits per heavy atom. The van der Waals surface area contributed by atoms with E-state index in [1.807, 2.05) is 18.2 Å². The SMILES string of the molecule is COc1cc2ccccc2c(C2CN2)n1. The Morgan fingerprint density at radius 2 is 2.20 bits per heavy atom. The Bertz CT molecular complexity index is 506. The molecular formula is C12H12N2O. The van der Waals surface area contributed by atoms with Crippen LogP contribution >= 0.6 is 0 Å². The fraction of sp³-hybridized carbons (Fsp3) is 0.250. The van der Waals surface area contributed by atoms with Gasteiger partial charge in [0.05, 0.1) is 18.8 Å². The van der Waals surface area contributed by atoms with Gasteiger partial charge >= 0.3 is 0 Å². The van der Waals surface area contributed by atoms with E-state index in [1.54, 1.807) is 7.11 Å². The summed E-state index contributed by atoms with van der Waals surface area (Å²) in [6, 6.07) is 10.7. The summed E-state index contributed by atoms with van der Waals surface area (Å²) >= 11 is 0. The van der Waals surface area contributed by atoms with Crippen molar-refractivity contribution in [3.8, 4) is 5.88 Å². The molecule has 0 aliphatic carbocycles. The molecule has 1 fully saturated rings. The first-order valence-corrected chi connectivity index (χ1v) is 5.05. The van der Waals surface area contributed by atoms with Gasteiger partial charge in [-0.25, -0.2) is 4.98 Å². The molecule has 0 spiro atoms. The van der Waals surface area contributed by atoms with Gasteiger partial charge in [0.25, 0.3) is 0 Å². The first-order valence-electron chi connectivity index (χ1n) is 5.05.